The van der Waals surface area contributed by atoms with Gasteiger partial charge >= 0.3 is 5.97 Å². The number of carbonyl (C=O) groups is 1. The Morgan fingerprint density at radius 2 is 1.85 bits per heavy atom. The first-order valence-electron chi connectivity index (χ1n) is 9.08. The average Bonchev–Trinajstić information content (AvgIpc) is 2.60. The van der Waals surface area contributed by atoms with Gasteiger partial charge in [0.15, 0.2) is 0 Å². The van der Waals surface area contributed by atoms with Crippen molar-refractivity contribution in [2.45, 2.75) is 52.9 Å². The third-order valence-corrected chi connectivity index (χ3v) is 4.04. The predicted molar refractivity (Wildman–Crippen MR) is 106 cm³/mol. The Balaban J connectivity index is 2.25. The monoisotopic (exact) mass is 371 g/mol. The molecule has 0 aliphatic carbocycles. The topological polar surface area (TPSA) is 67.8 Å². The zero-order valence-corrected chi connectivity index (χ0v) is 16.7. The molecule has 0 aromatic heterocycles. The fourth-order valence-corrected chi connectivity index (χ4v) is 2.51. The second-order valence-corrected chi connectivity index (χ2v) is 7.66. The van der Waals surface area contributed by atoms with Crippen molar-refractivity contribution in [2.24, 2.45) is 0 Å². The number of aryl methyl sites for hydroxylation is 1. The van der Waals surface area contributed by atoms with E-state index in [-0.39, 0.29) is 18.1 Å². The molecule has 0 spiro atoms. The number of carbonyl (C=O) groups excluding carboxylic acids is 1. The van der Waals surface area contributed by atoms with Crippen molar-refractivity contribution < 1.29 is 19.4 Å². The molecular weight excluding hydrogens is 342 g/mol. The van der Waals surface area contributed by atoms with Crippen molar-refractivity contribution in [1.82, 2.24) is 5.32 Å². The molecule has 2 aromatic rings. The minimum absolute atomic E-state index is 0.0871. The smallest absolute Gasteiger partial charge is 0.302 e. The van der Waals surface area contributed by atoms with E-state index in [1.807, 2.05) is 64.1 Å². The molecule has 0 bridgehead atoms. The first kappa shape index (κ1) is 20.9. The van der Waals surface area contributed by atoms with Gasteiger partial charge in [0.25, 0.3) is 0 Å². The number of ether oxygens (including phenoxy) is 2. The number of aliphatic hydroxyl groups excluding tert-OH is 1. The summed E-state index contributed by atoms with van der Waals surface area (Å²) in [6, 6.07) is 13.2. The summed E-state index contributed by atoms with van der Waals surface area (Å²) in [6.07, 6.45) is -0.673. The summed E-state index contributed by atoms with van der Waals surface area (Å²) in [7, 11) is 0. The lowest BCUT2D eigenvalue weighted by Crippen LogP contribution is -2.38. The van der Waals surface area contributed by atoms with E-state index < -0.39 is 6.10 Å². The number of nitrogens with one attached hydrogen (secondary N) is 1. The molecule has 0 heterocycles. The first-order valence-corrected chi connectivity index (χ1v) is 9.08. The number of esters is 1. The molecule has 5 nitrogen and oxygen atoms in total. The summed E-state index contributed by atoms with van der Waals surface area (Å²) in [4.78, 5) is 11.3. The molecule has 5 heteroatoms. The highest BCUT2D eigenvalue weighted by Gasteiger charge is 2.16. The predicted octanol–water partition coefficient (Wildman–Crippen LogP) is 4.27. The summed E-state index contributed by atoms with van der Waals surface area (Å²) in [5.74, 6) is 0.978. The first-order chi connectivity index (χ1) is 12.7. The minimum Gasteiger partial charge on any atom is -0.461 e. The van der Waals surface area contributed by atoms with Crippen LogP contribution in [0, 0.1) is 6.92 Å². The molecule has 2 N–H and O–H groups in total. The Bertz CT molecular complexity index is 780. The van der Waals surface area contributed by atoms with Gasteiger partial charge in [0.05, 0.1) is 6.10 Å². The van der Waals surface area contributed by atoms with Crippen LogP contribution in [0.1, 0.15) is 50.5 Å². The van der Waals surface area contributed by atoms with Crippen molar-refractivity contribution in [3.8, 4) is 11.5 Å². The maximum atomic E-state index is 11.3. The molecule has 0 amide bonds. The highest BCUT2D eigenvalue weighted by molar-refractivity contribution is 5.66. The quantitative estimate of drug-likeness (QED) is 0.712. The van der Waals surface area contributed by atoms with Gasteiger partial charge in [0.1, 0.15) is 18.1 Å². The van der Waals surface area contributed by atoms with Crippen LogP contribution in [0.2, 0.25) is 0 Å². The zero-order valence-electron chi connectivity index (χ0n) is 16.7. The summed E-state index contributed by atoms with van der Waals surface area (Å²) >= 11 is 0. The third-order valence-electron chi connectivity index (χ3n) is 4.04. The van der Waals surface area contributed by atoms with Crippen molar-refractivity contribution in [1.29, 1.82) is 0 Å². The zero-order chi connectivity index (χ0) is 20.0. The fourth-order valence-electron chi connectivity index (χ4n) is 2.51. The molecular formula is C22H29NO4. The number of hydrogen-bond donors (Lipinski definition) is 2. The van der Waals surface area contributed by atoms with Crippen LogP contribution in [0.4, 0.5) is 0 Å². The standard InChI is InChI=1S/C22H29NO4/c1-15-8-6-7-9-20(15)27-21-11-10-17(12-18(21)14-26-16(2)24)19(25)13-23-22(3,4)5/h6-12,19,23,25H,13-14H2,1-5H3. The summed E-state index contributed by atoms with van der Waals surface area (Å²) in [5, 5.41) is 13.8. The van der Waals surface area contributed by atoms with Crippen LogP contribution in [0.15, 0.2) is 42.5 Å². The van der Waals surface area contributed by atoms with E-state index in [4.69, 9.17) is 9.47 Å². The molecule has 0 saturated heterocycles. The molecule has 146 valence electrons. The van der Waals surface area contributed by atoms with E-state index in [9.17, 15) is 9.90 Å². The van der Waals surface area contributed by atoms with Gasteiger partial charge in [0, 0.05) is 24.6 Å². The van der Waals surface area contributed by atoms with E-state index in [0.29, 0.717) is 17.9 Å². The molecule has 2 rings (SSSR count). The molecule has 1 atom stereocenters. The fraction of sp³-hybridized carbons (Fsp3) is 0.409. The Labute approximate surface area is 161 Å². The maximum absolute atomic E-state index is 11.3. The van der Waals surface area contributed by atoms with Gasteiger partial charge in [-0.25, -0.2) is 0 Å². The molecule has 1 unspecified atom stereocenters. The van der Waals surface area contributed by atoms with Crippen LogP contribution in [0.5, 0.6) is 11.5 Å². The molecule has 2 aromatic carbocycles. The molecule has 0 aliphatic heterocycles. The van der Waals surface area contributed by atoms with Crippen LogP contribution >= 0.6 is 0 Å². The molecule has 27 heavy (non-hydrogen) atoms. The Kier molecular flexibility index (Phi) is 6.99. The van der Waals surface area contributed by atoms with Gasteiger partial charge in [-0.3, -0.25) is 4.79 Å². The lowest BCUT2D eigenvalue weighted by Gasteiger charge is -2.23. The van der Waals surface area contributed by atoms with E-state index in [1.54, 1.807) is 6.07 Å². The largest absolute Gasteiger partial charge is 0.461 e. The molecule has 0 aliphatic rings. The van der Waals surface area contributed by atoms with Crippen molar-refractivity contribution in [2.75, 3.05) is 6.54 Å². The summed E-state index contributed by atoms with van der Waals surface area (Å²) < 4.78 is 11.2. The van der Waals surface area contributed by atoms with Gasteiger partial charge in [-0.05, 0) is 57.0 Å². The Morgan fingerprint density at radius 3 is 2.48 bits per heavy atom. The lowest BCUT2D eigenvalue weighted by atomic mass is 10.0. The minimum atomic E-state index is -0.673. The van der Waals surface area contributed by atoms with Gasteiger partial charge < -0.3 is 19.9 Å². The number of benzene rings is 2. The van der Waals surface area contributed by atoms with Crippen LogP contribution in [0.3, 0.4) is 0 Å². The van der Waals surface area contributed by atoms with Crippen molar-refractivity contribution in [3.05, 3.63) is 59.2 Å². The van der Waals surface area contributed by atoms with Crippen LogP contribution < -0.4 is 10.1 Å². The van der Waals surface area contributed by atoms with E-state index >= 15 is 0 Å². The highest BCUT2D eigenvalue weighted by Crippen LogP contribution is 2.30. The van der Waals surface area contributed by atoms with Gasteiger partial charge in [0.2, 0.25) is 0 Å². The second-order valence-electron chi connectivity index (χ2n) is 7.66. The Morgan fingerprint density at radius 1 is 1.15 bits per heavy atom. The van der Waals surface area contributed by atoms with Gasteiger partial charge in [-0.2, -0.15) is 0 Å². The van der Waals surface area contributed by atoms with Crippen molar-refractivity contribution >= 4 is 5.97 Å². The van der Waals surface area contributed by atoms with Gasteiger partial charge in [-0.15, -0.1) is 0 Å². The van der Waals surface area contributed by atoms with E-state index in [2.05, 4.69) is 5.32 Å². The normalized spacial score (nSPS) is 12.5. The highest BCUT2D eigenvalue weighted by atomic mass is 16.5. The van der Waals surface area contributed by atoms with Crippen LogP contribution in [0.25, 0.3) is 0 Å². The van der Waals surface area contributed by atoms with Crippen LogP contribution in [-0.4, -0.2) is 23.2 Å². The van der Waals surface area contributed by atoms with Crippen molar-refractivity contribution in [3.63, 3.8) is 0 Å². The SMILES string of the molecule is CC(=O)OCc1cc(C(O)CNC(C)(C)C)ccc1Oc1ccccc1C. The number of β-amino-alcohol motifs (C(OH)–C–C–N with tert-alkyl or cyclic N) is 1. The maximum Gasteiger partial charge on any atom is 0.302 e. The van der Waals surface area contributed by atoms with E-state index in [1.165, 1.54) is 6.92 Å². The average molecular weight is 371 g/mol. The lowest BCUT2D eigenvalue weighted by molar-refractivity contribution is -0.142. The number of para-hydroxylation sites is 1. The molecule has 0 saturated carbocycles. The van der Waals surface area contributed by atoms with E-state index in [0.717, 1.165) is 16.9 Å². The molecule has 0 radical (unpaired) electrons. The number of aliphatic hydroxyl groups is 1. The number of rotatable bonds is 7. The Hall–Kier alpha value is -2.37. The third kappa shape index (κ3) is 6.70. The second kappa shape index (κ2) is 9.02. The number of hydrogen-bond acceptors (Lipinski definition) is 5. The summed E-state index contributed by atoms with van der Waals surface area (Å²) in [6.45, 7) is 9.99. The molecule has 0 fully saturated rings. The van der Waals surface area contributed by atoms with Gasteiger partial charge in [-0.1, -0.05) is 24.3 Å². The van der Waals surface area contributed by atoms with Crippen LogP contribution in [-0.2, 0) is 16.1 Å². The summed E-state index contributed by atoms with van der Waals surface area (Å²) in [5.41, 5.74) is 2.37.